The molecule has 0 aliphatic heterocycles. The van der Waals surface area contributed by atoms with E-state index >= 15 is 0 Å². The molecule has 0 aromatic carbocycles. The van der Waals surface area contributed by atoms with Crippen LogP contribution in [0.25, 0.3) is 0 Å². The second kappa shape index (κ2) is 7.69. The van der Waals surface area contributed by atoms with Crippen LogP contribution in [-0.4, -0.2) is 6.17 Å². The Hall–Kier alpha value is 0.0200. The monoisotopic (exact) mass is 392 g/mol. The summed E-state index contributed by atoms with van der Waals surface area (Å²) in [7, 11) is 0. The summed E-state index contributed by atoms with van der Waals surface area (Å²) < 4.78 is 15.0. The van der Waals surface area contributed by atoms with Crippen LogP contribution in [0.1, 0.15) is 97.8 Å². The number of hydrogen-bond acceptors (Lipinski definition) is 1. The summed E-state index contributed by atoms with van der Waals surface area (Å²) in [6.45, 7) is 7.38. The van der Waals surface area contributed by atoms with Gasteiger partial charge in [-0.15, -0.1) is 12.6 Å². The second-order valence-electron chi connectivity index (χ2n) is 11.0. The molecule has 8 unspecified atom stereocenters. The molecule has 0 heterocycles. The first-order chi connectivity index (χ1) is 12.9. The van der Waals surface area contributed by atoms with Crippen LogP contribution >= 0.6 is 12.6 Å². The first-order valence-corrected chi connectivity index (χ1v) is 12.4. The van der Waals surface area contributed by atoms with Crippen molar-refractivity contribution in [3.8, 4) is 0 Å². The van der Waals surface area contributed by atoms with Gasteiger partial charge in [0, 0.05) is 10.8 Å². The number of halogens is 1. The van der Waals surface area contributed by atoms with Crippen LogP contribution < -0.4 is 0 Å². The topological polar surface area (TPSA) is 0 Å². The predicted molar refractivity (Wildman–Crippen MR) is 117 cm³/mol. The molecule has 4 aliphatic rings. The average Bonchev–Trinajstić information content (AvgIpc) is 2.99. The molecule has 3 saturated carbocycles. The number of rotatable bonds is 5. The van der Waals surface area contributed by atoms with Gasteiger partial charge in [0.2, 0.25) is 0 Å². The maximum atomic E-state index is 15.0. The van der Waals surface area contributed by atoms with Gasteiger partial charge in [0.15, 0.2) is 0 Å². The van der Waals surface area contributed by atoms with E-state index in [0.29, 0.717) is 10.3 Å². The lowest BCUT2D eigenvalue weighted by Crippen LogP contribution is -2.54. The van der Waals surface area contributed by atoms with E-state index in [4.69, 9.17) is 0 Å². The molecule has 0 bridgehead atoms. The van der Waals surface area contributed by atoms with Gasteiger partial charge < -0.3 is 0 Å². The van der Waals surface area contributed by atoms with Crippen molar-refractivity contribution in [1.29, 1.82) is 0 Å². The molecule has 4 rings (SSSR count). The van der Waals surface area contributed by atoms with Crippen molar-refractivity contribution in [1.82, 2.24) is 0 Å². The summed E-state index contributed by atoms with van der Waals surface area (Å²) in [6, 6.07) is 0. The van der Waals surface area contributed by atoms with Crippen LogP contribution in [0, 0.1) is 40.4 Å². The summed E-state index contributed by atoms with van der Waals surface area (Å²) in [5, 5.41) is 0. The molecule has 0 saturated heterocycles. The molecular formula is C25H41FS. The molecule has 3 fully saturated rings. The molecule has 27 heavy (non-hydrogen) atoms. The molecular weight excluding hydrogens is 351 g/mol. The zero-order chi connectivity index (χ0) is 19.2. The predicted octanol–water partition coefficient (Wildman–Crippen LogP) is 7.99. The molecule has 0 N–H and O–H groups in total. The molecule has 2 heteroatoms. The minimum atomic E-state index is -0.809. The van der Waals surface area contributed by atoms with Gasteiger partial charge in [-0.25, -0.2) is 4.39 Å². The summed E-state index contributed by atoms with van der Waals surface area (Å²) in [5.74, 6) is 3.67. The molecule has 0 radical (unpaired) electrons. The smallest absolute Gasteiger partial charge is 0.134 e. The summed E-state index contributed by atoms with van der Waals surface area (Å²) >= 11 is 4.45. The van der Waals surface area contributed by atoms with Gasteiger partial charge in [-0.3, -0.25) is 0 Å². The highest BCUT2D eigenvalue weighted by Crippen LogP contribution is 2.68. The summed E-state index contributed by atoms with van der Waals surface area (Å²) in [4.78, 5) is 0.713. The maximum Gasteiger partial charge on any atom is 0.134 e. The first kappa shape index (κ1) is 20.3. The minimum Gasteiger partial charge on any atom is -0.241 e. The summed E-state index contributed by atoms with van der Waals surface area (Å²) in [5.41, 5.74) is 0.750. The minimum absolute atomic E-state index is 0.176. The van der Waals surface area contributed by atoms with Gasteiger partial charge in [-0.1, -0.05) is 52.5 Å². The van der Waals surface area contributed by atoms with Gasteiger partial charge in [-0.2, -0.15) is 0 Å². The Morgan fingerprint density at radius 3 is 2.48 bits per heavy atom. The van der Waals surface area contributed by atoms with E-state index in [1.54, 1.807) is 0 Å². The van der Waals surface area contributed by atoms with E-state index in [2.05, 4.69) is 39.5 Å². The number of hydrogen-bond donors (Lipinski definition) is 1. The fourth-order valence-corrected chi connectivity index (χ4v) is 8.58. The van der Waals surface area contributed by atoms with E-state index < -0.39 is 6.17 Å². The number of fused-ring (bicyclic) bond motifs is 5. The van der Waals surface area contributed by atoms with E-state index in [-0.39, 0.29) is 11.3 Å². The van der Waals surface area contributed by atoms with Crippen LogP contribution in [0.5, 0.6) is 0 Å². The lowest BCUT2D eigenvalue weighted by atomic mass is 9.45. The molecule has 8 atom stereocenters. The van der Waals surface area contributed by atoms with Crippen molar-refractivity contribution < 1.29 is 4.39 Å². The van der Waals surface area contributed by atoms with E-state index in [1.807, 2.05) is 0 Å². The number of thiol groups is 1. The van der Waals surface area contributed by atoms with E-state index in [0.717, 1.165) is 36.5 Å². The molecule has 154 valence electrons. The highest BCUT2D eigenvalue weighted by molar-refractivity contribution is 7.84. The van der Waals surface area contributed by atoms with Crippen molar-refractivity contribution in [2.75, 3.05) is 0 Å². The highest BCUT2D eigenvalue weighted by Gasteiger charge is 2.60. The van der Waals surface area contributed by atoms with Gasteiger partial charge in [0.05, 0.1) is 0 Å². The third-order valence-corrected chi connectivity index (χ3v) is 10.4. The zero-order valence-electron chi connectivity index (χ0n) is 17.9. The summed E-state index contributed by atoms with van der Waals surface area (Å²) in [6.07, 6.45) is 17.4. The fraction of sp³-hybridized carbons (Fsp3) is 0.920. The van der Waals surface area contributed by atoms with E-state index in [1.165, 1.54) is 64.2 Å². The lowest BCUT2D eigenvalue weighted by Gasteiger charge is -2.60. The van der Waals surface area contributed by atoms with Crippen molar-refractivity contribution >= 4 is 12.6 Å². The van der Waals surface area contributed by atoms with Crippen molar-refractivity contribution in [2.45, 2.75) is 104 Å². The van der Waals surface area contributed by atoms with Crippen molar-refractivity contribution in [3.63, 3.8) is 0 Å². The Kier molecular flexibility index (Phi) is 5.78. The zero-order valence-corrected chi connectivity index (χ0v) is 18.7. The molecule has 0 aromatic heterocycles. The molecule has 0 amide bonds. The maximum absolute atomic E-state index is 15.0. The Morgan fingerprint density at radius 1 is 0.963 bits per heavy atom. The number of allylic oxidation sites excluding steroid dienone is 2. The molecule has 4 aliphatic carbocycles. The first-order valence-electron chi connectivity index (χ1n) is 11.9. The average molecular weight is 393 g/mol. The fourth-order valence-electron chi connectivity index (χ4n) is 8.31. The van der Waals surface area contributed by atoms with Crippen LogP contribution in [-0.2, 0) is 0 Å². The van der Waals surface area contributed by atoms with Gasteiger partial charge in [0.25, 0.3) is 0 Å². The van der Waals surface area contributed by atoms with Crippen molar-refractivity contribution in [2.24, 2.45) is 40.4 Å². The Balaban J connectivity index is 1.49. The van der Waals surface area contributed by atoms with Crippen LogP contribution in [0.2, 0.25) is 0 Å². The Morgan fingerprint density at radius 2 is 1.70 bits per heavy atom. The SMILES string of the molecule is CCCCCCC1CCC2C3CCC4C(F)C(S)=CCC4(C)C3CCC12C. The second-order valence-corrected chi connectivity index (χ2v) is 11.5. The van der Waals surface area contributed by atoms with Crippen LogP contribution in [0.3, 0.4) is 0 Å². The largest absolute Gasteiger partial charge is 0.241 e. The third-order valence-electron chi connectivity index (χ3n) is 9.93. The van der Waals surface area contributed by atoms with Gasteiger partial charge in [-0.05, 0) is 85.9 Å². The van der Waals surface area contributed by atoms with Gasteiger partial charge >= 0.3 is 0 Å². The van der Waals surface area contributed by atoms with Crippen molar-refractivity contribution in [3.05, 3.63) is 11.0 Å². The third kappa shape index (κ3) is 3.24. The van der Waals surface area contributed by atoms with E-state index in [9.17, 15) is 4.39 Å². The lowest BCUT2D eigenvalue weighted by molar-refractivity contribution is -0.110. The van der Waals surface area contributed by atoms with Gasteiger partial charge in [0.1, 0.15) is 6.17 Å². The quantitative estimate of drug-likeness (QED) is 0.356. The number of unbranched alkanes of at least 4 members (excludes halogenated alkanes) is 3. The normalized spacial score (nSPS) is 49.1. The Bertz CT molecular complexity index is 571. The van der Waals surface area contributed by atoms with Crippen LogP contribution in [0.4, 0.5) is 4.39 Å². The molecule has 0 aromatic rings. The molecule has 0 spiro atoms. The highest BCUT2D eigenvalue weighted by atomic mass is 32.1. The number of alkyl halides is 1. The van der Waals surface area contributed by atoms with Crippen LogP contribution in [0.15, 0.2) is 11.0 Å². The Labute approximate surface area is 172 Å². The standard InChI is InChI=1S/C25H41FS/c1-4-5-6-7-8-17-9-11-19-18-10-12-21-23(26)22(27)14-16-25(21,3)20(18)13-15-24(17,19)2/h14,17-21,23,27H,4-13,15-16H2,1-3H3. The molecule has 0 nitrogen and oxygen atoms in total.